The molecule has 0 bridgehead atoms. The Kier molecular flexibility index (Phi) is 5.12. The summed E-state index contributed by atoms with van der Waals surface area (Å²) in [5.41, 5.74) is 3.37. The number of hydrogen-bond donors (Lipinski definition) is 1. The van der Waals surface area contributed by atoms with Crippen molar-refractivity contribution >= 4 is 5.91 Å². The molecular weight excluding hydrogens is 296 g/mol. The molecule has 2 aromatic carbocycles. The van der Waals surface area contributed by atoms with Crippen molar-refractivity contribution in [3.05, 3.63) is 90.3 Å². The summed E-state index contributed by atoms with van der Waals surface area (Å²) in [5, 5.41) is 3.03. The first-order valence-electron chi connectivity index (χ1n) is 8.26. The minimum absolute atomic E-state index is 0.0616. The fourth-order valence-electron chi connectivity index (χ4n) is 2.71. The second-order valence-corrected chi connectivity index (χ2v) is 6.05. The van der Waals surface area contributed by atoms with E-state index < -0.39 is 0 Å². The Morgan fingerprint density at radius 1 is 0.958 bits per heavy atom. The monoisotopic (exact) mass is 318 g/mol. The highest BCUT2D eigenvalue weighted by Gasteiger charge is 2.08. The SMILES string of the molecule is CC(CNC(=O)Cc1ccc(-n2cccc2)cc1)c1ccccc1. The molecule has 0 radical (unpaired) electrons. The molecular formula is C21H22N2O. The Morgan fingerprint density at radius 2 is 1.62 bits per heavy atom. The lowest BCUT2D eigenvalue weighted by atomic mass is 10.0. The van der Waals surface area contributed by atoms with Crippen molar-refractivity contribution in [2.45, 2.75) is 19.3 Å². The molecule has 3 rings (SSSR count). The van der Waals surface area contributed by atoms with Crippen molar-refractivity contribution < 1.29 is 4.79 Å². The first kappa shape index (κ1) is 16.1. The Labute approximate surface area is 143 Å². The summed E-state index contributed by atoms with van der Waals surface area (Å²) in [5.74, 6) is 0.373. The van der Waals surface area contributed by atoms with E-state index in [4.69, 9.17) is 0 Å². The number of rotatable bonds is 6. The number of amides is 1. The molecule has 1 heterocycles. The molecule has 1 amide bonds. The van der Waals surface area contributed by atoms with Gasteiger partial charge in [-0.3, -0.25) is 4.79 Å². The van der Waals surface area contributed by atoms with Crippen LogP contribution in [-0.4, -0.2) is 17.0 Å². The Bertz CT molecular complexity index is 761. The van der Waals surface area contributed by atoms with Gasteiger partial charge in [0, 0.05) is 24.6 Å². The average molecular weight is 318 g/mol. The lowest BCUT2D eigenvalue weighted by Crippen LogP contribution is -2.28. The van der Waals surface area contributed by atoms with E-state index in [0.29, 0.717) is 18.9 Å². The highest BCUT2D eigenvalue weighted by atomic mass is 16.1. The molecule has 0 aliphatic heterocycles. The molecule has 3 heteroatoms. The summed E-state index contributed by atoms with van der Waals surface area (Å²) in [6, 6.07) is 22.3. The van der Waals surface area contributed by atoms with Crippen molar-refractivity contribution in [3.8, 4) is 5.69 Å². The van der Waals surface area contributed by atoms with Gasteiger partial charge >= 0.3 is 0 Å². The third kappa shape index (κ3) is 4.13. The van der Waals surface area contributed by atoms with Gasteiger partial charge in [-0.05, 0) is 41.3 Å². The van der Waals surface area contributed by atoms with Gasteiger partial charge in [0.1, 0.15) is 0 Å². The third-order valence-corrected chi connectivity index (χ3v) is 4.18. The van der Waals surface area contributed by atoms with Crippen LogP contribution in [0.3, 0.4) is 0 Å². The molecule has 0 fully saturated rings. The first-order valence-corrected chi connectivity index (χ1v) is 8.26. The second-order valence-electron chi connectivity index (χ2n) is 6.05. The molecule has 1 N–H and O–H groups in total. The van der Waals surface area contributed by atoms with Crippen LogP contribution in [0.15, 0.2) is 79.1 Å². The summed E-state index contributed by atoms with van der Waals surface area (Å²) < 4.78 is 2.05. The third-order valence-electron chi connectivity index (χ3n) is 4.18. The summed E-state index contributed by atoms with van der Waals surface area (Å²) >= 11 is 0. The van der Waals surface area contributed by atoms with Crippen molar-refractivity contribution in [3.63, 3.8) is 0 Å². The largest absolute Gasteiger partial charge is 0.355 e. The van der Waals surface area contributed by atoms with Crippen molar-refractivity contribution in [1.29, 1.82) is 0 Å². The second kappa shape index (κ2) is 7.64. The van der Waals surface area contributed by atoms with Crippen LogP contribution in [-0.2, 0) is 11.2 Å². The molecule has 3 aromatic rings. The van der Waals surface area contributed by atoms with E-state index in [-0.39, 0.29) is 5.91 Å². The van der Waals surface area contributed by atoms with Crippen LogP contribution >= 0.6 is 0 Å². The van der Waals surface area contributed by atoms with Gasteiger partial charge < -0.3 is 9.88 Å². The fraction of sp³-hybridized carbons (Fsp3) is 0.190. The molecule has 1 aromatic heterocycles. The molecule has 122 valence electrons. The van der Waals surface area contributed by atoms with E-state index in [9.17, 15) is 4.79 Å². The fourth-order valence-corrected chi connectivity index (χ4v) is 2.71. The standard InChI is InChI=1S/C21H22N2O/c1-17(19-7-3-2-4-8-19)16-22-21(24)15-18-9-11-20(12-10-18)23-13-5-6-14-23/h2-14,17H,15-16H2,1H3,(H,22,24). The van der Waals surface area contributed by atoms with Crippen LogP contribution in [0.1, 0.15) is 24.0 Å². The number of carbonyl (C=O) groups is 1. The van der Waals surface area contributed by atoms with Gasteiger partial charge in [0.05, 0.1) is 6.42 Å². The van der Waals surface area contributed by atoms with Gasteiger partial charge in [-0.25, -0.2) is 0 Å². The highest BCUT2D eigenvalue weighted by molar-refractivity contribution is 5.78. The van der Waals surface area contributed by atoms with Gasteiger partial charge in [-0.2, -0.15) is 0 Å². The maximum Gasteiger partial charge on any atom is 0.224 e. The number of hydrogen-bond acceptors (Lipinski definition) is 1. The summed E-state index contributed by atoms with van der Waals surface area (Å²) in [7, 11) is 0. The van der Waals surface area contributed by atoms with Crippen LogP contribution in [0.4, 0.5) is 0 Å². The number of nitrogens with one attached hydrogen (secondary N) is 1. The molecule has 0 aliphatic carbocycles. The minimum Gasteiger partial charge on any atom is -0.355 e. The summed E-state index contributed by atoms with van der Waals surface area (Å²) in [4.78, 5) is 12.1. The lowest BCUT2D eigenvalue weighted by Gasteiger charge is -2.13. The molecule has 24 heavy (non-hydrogen) atoms. The zero-order valence-corrected chi connectivity index (χ0v) is 13.9. The average Bonchev–Trinajstić information content (AvgIpc) is 3.16. The van der Waals surface area contributed by atoms with E-state index >= 15 is 0 Å². The zero-order valence-electron chi connectivity index (χ0n) is 13.9. The van der Waals surface area contributed by atoms with Gasteiger partial charge in [-0.1, -0.05) is 49.4 Å². The van der Waals surface area contributed by atoms with Crippen LogP contribution in [0.2, 0.25) is 0 Å². The molecule has 0 aliphatic rings. The van der Waals surface area contributed by atoms with Crippen LogP contribution in [0, 0.1) is 0 Å². The van der Waals surface area contributed by atoms with Crippen LogP contribution in [0.25, 0.3) is 5.69 Å². The molecule has 0 saturated carbocycles. The van der Waals surface area contributed by atoms with Crippen molar-refractivity contribution in [1.82, 2.24) is 9.88 Å². The lowest BCUT2D eigenvalue weighted by molar-refractivity contribution is -0.120. The Morgan fingerprint density at radius 3 is 2.29 bits per heavy atom. The minimum atomic E-state index is 0.0616. The van der Waals surface area contributed by atoms with E-state index in [2.05, 4.69) is 24.4 Å². The molecule has 1 atom stereocenters. The molecule has 1 unspecified atom stereocenters. The maximum absolute atomic E-state index is 12.1. The normalized spacial score (nSPS) is 11.9. The topological polar surface area (TPSA) is 34.0 Å². The number of carbonyl (C=O) groups excluding carboxylic acids is 1. The van der Waals surface area contributed by atoms with E-state index in [0.717, 1.165) is 11.3 Å². The predicted octanol–water partition coefficient (Wildman–Crippen LogP) is 3.94. The molecule has 3 nitrogen and oxygen atoms in total. The highest BCUT2D eigenvalue weighted by Crippen LogP contribution is 2.13. The maximum atomic E-state index is 12.1. The van der Waals surface area contributed by atoms with Gasteiger partial charge in [0.15, 0.2) is 0 Å². The van der Waals surface area contributed by atoms with Crippen molar-refractivity contribution in [2.24, 2.45) is 0 Å². The van der Waals surface area contributed by atoms with E-state index in [1.807, 2.05) is 71.6 Å². The predicted molar refractivity (Wildman–Crippen MR) is 97.3 cm³/mol. The summed E-state index contributed by atoms with van der Waals surface area (Å²) in [6.07, 6.45) is 4.42. The Balaban J connectivity index is 1.51. The number of nitrogens with zero attached hydrogens (tertiary/aromatic N) is 1. The van der Waals surface area contributed by atoms with Gasteiger partial charge in [0.2, 0.25) is 5.91 Å². The van der Waals surface area contributed by atoms with E-state index in [1.165, 1.54) is 5.56 Å². The molecule has 0 spiro atoms. The Hall–Kier alpha value is -2.81. The first-order chi connectivity index (χ1) is 11.7. The molecule has 0 saturated heterocycles. The zero-order chi connectivity index (χ0) is 16.8. The van der Waals surface area contributed by atoms with Crippen LogP contribution < -0.4 is 5.32 Å². The summed E-state index contributed by atoms with van der Waals surface area (Å²) in [6.45, 7) is 2.78. The quantitative estimate of drug-likeness (QED) is 0.734. The van der Waals surface area contributed by atoms with Gasteiger partial charge in [-0.15, -0.1) is 0 Å². The van der Waals surface area contributed by atoms with Crippen molar-refractivity contribution in [2.75, 3.05) is 6.54 Å². The number of benzene rings is 2. The smallest absolute Gasteiger partial charge is 0.224 e. The number of aromatic nitrogens is 1. The van der Waals surface area contributed by atoms with E-state index in [1.54, 1.807) is 0 Å². The van der Waals surface area contributed by atoms with Gasteiger partial charge in [0.25, 0.3) is 0 Å². The van der Waals surface area contributed by atoms with Crippen LogP contribution in [0.5, 0.6) is 0 Å².